The topological polar surface area (TPSA) is 43.9 Å². The van der Waals surface area contributed by atoms with E-state index in [1.54, 1.807) is 8.61 Å². The molecular formula is C14H30ClN3O2S. The Morgan fingerprint density at radius 2 is 1.95 bits per heavy atom. The Morgan fingerprint density at radius 3 is 2.48 bits per heavy atom. The Bertz CT molecular complexity index is 401. The second-order valence-corrected chi connectivity index (χ2v) is 8.82. The fourth-order valence-corrected chi connectivity index (χ4v) is 4.68. The molecule has 0 N–H and O–H groups in total. The van der Waals surface area contributed by atoms with Crippen molar-refractivity contribution in [3.8, 4) is 0 Å². The van der Waals surface area contributed by atoms with E-state index in [2.05, 4.69) is 13.8 Å². The molecule has 0 bridgehead atoms. The third-order valence-electron chi connectivity index (χ3n) is 3.72. The normalized spacial score (nSPS) is 21.6. The van der Waals surface area contributed by atoms with Gasteiger partial charge in [-0.05, 0) is 38.8 Å². The van der Waals surface area contributed by atoms with E-state index in [1.165, 1.54) is 0 Å². The predicted molar refractivity (Wildman–Crippen MR) is 88.9 cm³/mol. The van der Waals surface area contributed by atoms with Crippen LogP contribution in [0.4, 0.5) is 0 Å². The van der Waals surface area contributed by atoms with Gasteiger partial charge in [0.25, 0.3) is 10.2 Å². The van der Waals surface area contributed by atoms with Crippen LogP contribution in [-0.4, -0.2) is 74.6 Å². The summed E-state index contributed by atoms with van der Waals surface area (Å²) in [5.41, 5.74) is 0. The third kappa shape index (κ3) is 6.02. The van der Waals surface area contributed by atoms with Crippen molar-refractivity contribution in [1.82, 2.24) is 13.5 Å². The molecule has 1 aliphatic rings. The van der Waals surface area contributed by atoms with E-state index in [9.17, 15) is 8.42 Å². The van der Waals surface area contributed by atoms with Crippen LogP contribution in [0, 0.1) is 11.8 Å². The van der Waals surface area contributed by atoms with Crippen LogP contribution in [0.3, 0.4) is 0 Å². The van der Waals surface area contributed by atoms with Crippen LogP contribution in [0.15, 0.2) is 0 Å². The molecule has 0 spiro atoms. The highest BCUT2D eigenvalue weighted by Crippen LogP contribution is 2.22. The zero-order valence-corrected chi connectivity index (χ0v) is 15.3. The maximum absolute atomic E-state index is 12.9. The largest absolute Gasteiger partial charge is 0.308 e. The molecule has 1 unspecified atom stereocenters. The molecule has 126 valence electrons. The molecule has 0 aliphatic carbocycles. The molecule has 1 heterocycles. The van der Waals surface area contributed by atoms with Crippen molar-refractivity contribution in [3.05, 3.63) is 0 Å². The predicted octanol–water partition coefficient (Wildman–Crippen LogP) is 1.70. The summed E-state index contributed by atoms with van der Waals surface area (Å²) in [7, 11) is 0.549. The lowest BCUT2D eigenvalue weighted by atomic mass is 10.0. The molecule has 0 radical (unpaired) electrons. The standard InChI is InChI=1S/C14H30ClN3O2S/c1-13(2)11-18(9-8-16(3)4)21(19,20)17-7-5-6-14(10-15)12-17/h13-14H,5-12H2,1-4H3. The van der Waals surface area contributed by atoms with Gasteiger partial charge in [0.1, 0.15) is 0 Å². The van der Waals surface area contributed by atoms with Crippen LogP contribution in [0.5, 0.6) is 0 Å². The molecule has 1 fully saturated rings. The van der Waals surface area contributed by atoms with E-state index in [1.807, 2.05) is 19.0 Å². The number of hydrogen-bond acceptors (Lipinski definition) is 3. The number of likely N-dealkylation sites (N-methyl/N-ethyl adjacent to an activating group) is 1. The summed E-state index contributed by atoms with van der Waals surface area (Å²) in [6.45, 7) is 7.12. The van der Waals surface area contributed by atoms with Crippen LogP contribution >= 0.6 is 11.6 Å². The summed E-state index contributed by atoms with van der Waals surface area (Å²) < 4.78 is 29.0. The Balaban J connectivity index is 2.81. The molecule has 0 aromatic heterocycles. The molecule has 1 atom stereocenters. The van der Waals surface area contributed by atoms with Crippen molar-refractivity contribution in [1.29, 1.82) is 0 Å². The second-order valence-electron chi connectivity index (χ2n) is 6.58. The summed E-state index contributed by atoms with van der Waals surface area (Å²) in [5.74, 6) is 1.13. The van der Waals surface area contributed by atoms with Gasteiger partial charge in [-0.3, -0.25) is 0 Å². The lowest BCUT2D eigenvalue weighted by Gasteiger charge is -2.36. The maximum Gasteiger partial charge on any atom is 0.282 e. The quantitative estimate of drug-likeness (QED) is 0.632. The number of rotatable bonds is 8. The Morgan fingerprint density at radius 1 is 1.29 bits per heavy atom. The van der Waals surface area contributed by atoms with Crippen molar-refractivity contribution in [2.45, 2.75) is 26.7 Å². The van der Waals surface area contributed by atoms with Gasteiger partial charge in [-0.25, -0.2) is 0 Å². The van der Waals surface area contributed by atoms with Gasteiger partial charge in [-0.1, -0.05) is 13.8 Å². The van der Waals surface area contributed by atoms with Gasteiger partial charge >= 0.3 is 0 Å². The van der Waals surface area contributed by atoms with Crippen LogP contribution in [0.2, 0.25) is 0 Å². The Hall–Kier alpha value is 0.120. The SMILES string of the molecule is CC(C)CN(CCN(C)C)S(=O)(=O)N1CCCC(CCl)C1. The minimum Gasteiger partial charge on any atom is -0.308 e. The average molecular weight is 340 g/mol. The molecule has 7 heteroatoms. The summed E-state index contributed by atoms with van der Waals surface area (Å²) >= 11 is 5.92. The molecule has 1 aliphatic heterocycles. The van der Waals surface area contributed by atoms with Gasteiger partial charge in [-0.2, -0.15) is 17.0 Å². The summed E-state index contributed by atoms with van der Waals surface area (Å²) in [4.78, 5) is 2.01. The van der Waals surface area contributed by atoms with Gasteiger partial charge < -0.3 is 4.90 Å². The van der Waals surface area contributed by atoms with E-state index in [-0.39, 0.29) is 5.92 Å². The van der Waals surface area contributed by atoms with E-state index in [0.29, 0.717) is 38.0 Å². The highest BCUT2D eigenvalue weighted by Gasteiger charge is 2.33. The number of halogens is 1. The highest BCUT2D eigenvalue weighted by molar-refractivity contribution is 7.86. The fourth-order valence-electron chi connectivity index (χ4n) is 2.55. The minimum absolute atomic E-state index is 0.282. The van der Waals surface area contributed by atoms with E-state index >= 15 is 0 Å². The molecule has 0 amide bonds. The average Bonchev–Trinajstić information content (AvgIpc) is 2.42. The van der Waals surface area contributed by atoms with E-state index in [4.69, 9.17) is 11.6 Å². The first-order valence-corrected chi connectivity index (χ1v) is 9.66. The molecule has 0 aromatic rings. The number of hydrogen-bond donors (Lipinski definition) is 0. The maximum atomic E-state index is 12.9. The molecular weight excluding hydrogens is 310 g/mol. The number of nitrogens with zero attached hydrogens (tertiary/aromatic N) is 3. The molecule has 5 nitrogen and oxygen atoms in total. The van der Waals surface area contributed by atoms with Crippen LogP contribution in [0.1, 0.15) is 26.7 Å². The second kappa shape index (κ2) is 8.67. The lowest BCUT2D eigenvalue weighted by Crippen LogP contribution is -2.50. The van der Waals surface area contributed by atoms with Crippen molar-refractivity contribution in [2.24, 2.45) is 11.8 Å². The van der Waals surface area contributed by atoms with Crippen molar-refractivity contribution in [2.75, 3.05) is 52.7 Å². The van der Waals surface area contributed by atoms with Gasteiger partial charge in [0.05, 0.1) is 0 Å². The van der Waals surface area contributed by atoms with Crippen molar-refractivity contribution in [3.63, 3.8) is 0 Å². The van der Waals surface area contributed by atoms with Crippen molar-refractivity contribution < 1.29 is 8.42 Å². The third-order valence-corrected chi connectivity index (χ3v) is 6.12. The molecule has 1 rings (SSSR count). The first-order valence-electron chi connectivity index (χ1n) is 7.73. The number of piperidine rings is 1. The summed E-state index contributed by atoms with van der Waals surface area (Å²) in [5, 5.41) is 0. The molecule has 1 saturated heterocycles. The zero-order valence-electron chi connectivity index (χ0n) is 13.8. The number of alkyl halides is 1. The Labute approximate surface area is 135 Å². The first-order chi connectivity index (χ1) is 9.77. The first kappa shape index (κ1) is 19.2. The summed E-state index contributed by atoms with van der Waals surface area (Å²) in [6, 6.07) is 0. The lowest BCUT2D eigenvalue weighted by molar-refractivity contribution is 0.245. The van der Waals surface area contributed by atoms with Gasteiger partial charge in [0.2, 0.25) is 0 Å². The van der Waals surface area contributed by atoms with Gasteiger partial charge in [0, 0.05) is 38.6 Å². The fraction of sp³-hybridized carbons (Fsp3) is 1.00. The van der Waals surface area contributed by atoms with Gasteiger partial charge in [-0.15, -0.1) is 11.6 Å². The molecule has 21 heavy (non-hydrogen) atoms. The smallest absolute Gasteiger partial charge is 0.282 e. The molecule has 0 aromatic carbocycles. The minimum atomic E-state index is -3.38. The van der Waals surface area contributed by atoms with Crippen LogP contribution < -0.4 is 0 Å². The van der Waals surface area contributed by atoms with E-state index in [0.717, 1.165) is 19.4 Å². The van der Waals surface area contributed by atoms with Crippen molar-refractivity contribution >= 4 is 21.8 Å². The van der Waals surface area contributed by atoms with E-state index < -0.39 is 10.2 Å². The summed E-state index contributed by atoms with van der Waals surface area (Å²) in [6.07, 6.45) is 1.93. The highest BCUT2D eigenvalue weighted by atomic mass is 35.5. The van der Waals surface area contributed by atoms with Crippen LogP contribution in [0.25, 0.3) is 0 Å². The molecule has 0 saturated carbocycles. The van der Waals surface area contributed by atoms with Crippen LogP contribution in [-0.2, 0) is 10.2 Å². The monoisotopic (exact) mass is 339 g/mol. The zero-order chi connectivity index (χ0) is 16.0. The van der Waals surface area contributed by atoms with Gasteiger partial charge in [0.15, 0.2) is 0 Å². The Kier molecular flexibility index (Phi) is 7.92.